The second kappa shape index (κ2) is 3.44. The highest BCUT2D eigenvalue weighted by molar-refractivity contribution is 5.97. The van der Waals surface area contributed by atoms with Crippen molar-refractivity contribution in [2.24, 2.45) is 35.5 Å². The summed E-state index contributed by atoms with van der Waals surface area (Å²) in [6.45, 7) is 6.48. The van der Waals surface area contributed by atoms with Crippen LogP contribution in [0.15, 0.2) is 11.6 Å². The fourth-order valence-electron chi connectivity index (χ4n) is 4.04. The SMILES string of the molecule is CC1=C[C@@H]2[C@H]3C(=O)OC(=O)[C@@H]3[C@H]1C[C@H]2C(C)C. The Balaban J connectivity index is 2.04. The summed E-state index contributed by atoms with van der Waals surface area (Å²) in [4.78, 5) is 23.6. The van der Waals surface area contributed by atoms with Crippen molar-refractivity contribution < 1.29 is 14.3 Å². The number of cyclic esters (lactones) is 2. The van der Waals surface area contributed by atoms with Gasteiger partial charge >= 0.3 is 11.9 Å². The van der Waals surface area contributed by atoms with Gasteiger partial charge in [-0.05, 0) is 37.0 Å². The monoisotopic (exact) mass is 234 g/mol. The van der Waals surface area contributed by atoms with E-state index < -0.39 is 0 Å². The Morgan fingerprint density at radius 1 is 1.24 bits per heavy atom. The van der Waals surface area contributed by atoms with E-state index in [9.17, 15) is 9.59 Å². The highest BCUT2D eigenvalue weighted by atomic mass is 16.6. The van der Waals surface area contributed by atoms with Crippen LogP contribution in [0.1, 0.15) is 27.2 Å². The van der Waals surface area contributed by atoms with Gasteiger partial charge in [-0.15, -0.1) is 0 Å². The Bertz CT molecular complexity index is 421. The van der Waals surface area contributed by atoms with Crippen LogP contribution < -0.4 is 0 Å². The molecule has 0 amide bonds. The minimum Gasteiger partial charge on any atom is -0.393 e. The largest absolute Gasteiger partial charge is 0.393 e. The predicted octanol–water partition coefficient (Wildman–Crippen LogP) is 2.17. The molecule has 0 aromatic rings. The molecule has 0 aromatic heterocycles. The maximum Gasteiger partial charge on any atom is 0.318 e. The van der Waals surface area contributed by atoms with E-state index in [1.807, 2.05) is 0 Å². The van der Waals surface area contributed by atoms with Gasteiger partial charge in [0.05, 0.1) is 11.8 Å². The normalized spacial score (nSPS) is 43.8. The fourth-order valence-corrected chi connectivity index (χ4v) is 4.04. The van der Waals surface area contributed by atoms with Crippen molar-refractivity contribution >= 4 is 11.9 Å². The average Bonchev–Trinajstić information content (AvgIpc) is 2.56. The first-order valence-electron chi connectivity index (χ1n) is 6.44. The molecule has 0 N–H and O–H groups in total. The Morgan fingerprint density at radius 2 is 1.88 bits per heavy atom. The first-order chi connectivity index (χ1) is 8.00. The van der Waals surface area contributed by atoms with Gasteiger partial charge in [-0.25, -0.2) is 0 Å². The van der Waals surface area contributed by atoms with Gasteiger partial charge in [0.2, 0.25) is 0 Å². The molecule has 1 saturated heterocycles. The van der Waals surface area contributed by atoms with Crippen molar-refractivity contribution in [3.8, 4) is 0 Å². The standard InChI is InChI=1S/C14H18O3/c1-6(2)8-5-9-7(3)4-10(8)12-11(9)13(15)17-14(12)16/h4,6,8-12H,5H2,1-3H3/t8-,9-,10-,11+,12+/m0/s1. The third kappa shape index (κ3) is 1.34. The Labute approximate surface area is 101 Å². The molecule has 1 saturated carbocycles. The molecular formula is C14H18O3. The quantitative estimate of drug-likeness (QED) is 0.397. The molecule has 2 bridgehead atoms. The predicted molar refractivity (Wildman–Crippen MR) is 61.8 cm³/mol. The van der Waals surface area contributed by atoms with Gasteiger partial charge in [-0.2, -0.15) is 0 Å². The van der Waals surface area contributed by atoms with Crippen LogP contribution in [0, 0.1) is 35.5 Å². The summed E-state index contributed by atoms with van der Waals surface area (Å²) < 4.78 is 4.85. The molecule has 0 radical (unpaired) electrons. The van der Waals surface area contributed by atoms with Crippen molar-refractivity contribution in [3.05, 3.63) is 11.6 Å². The van der Waals surface area contributed by atoms with E-state index in [0.29, 0.717) is 11.8 Å². The van der Waals surface area contributed by atoms with Crippen LogP contribution in [0.25, 0.3) is 0 Å². The summed E-state index contributed by atoms with van der Waals surface area (Å²) in [5.74, 6) is 0.554. The molecule has 5 atom stereocenters. The minimum absolute atomic E-state index is 0.188. The molecule has 0 spiro atoms. The van der Waals surface area contributed by atoms with Gasteiger partial charge in [-0.3, -0.25) is 9.59 Å². The molecule has 0 aromatic carbocycles. The number of carbonyl (C=O) groups excluding carboxylic acids is 2. The highest BCUT2D eigenvalue weighted by Crippen LogP contribution is 2.55. The highest BCUT2D eigenvalue weighted by Gasteiger charge is 2.59. The van der Waals surface area contributed by atoms with Crippen LogP contribution in [0.4, 0.5) is 0 Å². The molecule has 4 aliphatic rings. The zero-order valence-corrected chi connectivity index (χ0v) is 10.5. The van der Waals surface area contributed by atoms with E-state index in [-0.39, 0.29) is 35.6 Å². The summed E-state index contributed by atoms with van der Waals surface area (Å²) >= 11 is 0. The maximum absolute atomic E-state index is 11.8. The lowest BCUT2D eigenvalue weighted by molar-refractivity contribution is -0.154. The summed E-state index contributed by atoms with van der Waals surface area (Å²) in [5, 5.41) is 0. The van der Waals surface area contributed by atoms with Crippen molar-refractivity contribution in [3.63, 3.8) is 0 Å². The van der Waals surface area contributed by atoms with E-state index in [0.717, 1.165) is 6.42 Å². The molecule has 17 heavy (non-hydrogen) atoms. The second-order valence-corrected chi connectivity index (χ2v) is 6.03. The maximum atomic E-state index is 11.8. The first-order valence-corrected chi connectivity index (χ1v) is 6.44. The van der Waals surface area contributed by atoms with E-state index in [4.69, 9.17) is 4.74 Å². The molecule has 3 aliphatic carbocycles. The smallest absolute Gasteiger partial charge is 0.318 e. The van der Waals surface area contributed by atoms with Crippen LogP contribution in [0.3, 0.4) is 0 Å². The zero-order valence-electron chi connectivity index (χ0n) is 10.5. The number of ether oxygens (including phenoxy) is 1. The molecule has 0 unspecified atom stereocenters. The Morgan fingerprint density at radius 3 is 2.53 bits per heavy atom. The molecule has 92 valence electrons. The molecule has 1 aliphatic heterocycles. The Kier molecular flexibility index (Phi) is 2.22. The van der Waals surface area contributed by atoms with Crippen molar-refractivity contribution in [1.82, 2.24) is 0 Å². The fraction of sp³-hybridized carbons (Fsp3) is 0.714. The lowest BCUT2D eigenvalue weighted by atomic mass is 9.54. The zero-order chi connectivity index (χ0) is 12.3. The number of fused-ring (bicyclic) bond motifs is 1. The summed E-state index contributed by atoms with van der Waals surface area (Å²) in [5.41, 5.74) is 1.28. The van der Waals surface area contributed by atoms with Gasteiger partial charge in [0.15, 0.2) is 0 Å². The molecule has 3 heteroatoms. The van der Waals surface area contributed by atoms with Gasteiger partial charge in [0.1, 0.15) is 0 Å². The topological polar surface area (TPSA) is 43.4 Å². The van der Waals surface area contributed by atoms with Crippen LogP contribution in [-0.2, 0) is 14.3 Å². The number of allylic oxidation sites excluding steroid dienone is 2. The second-order valence-electron chi connectivity index (χ2n) is 6.03. The first kappa shape index (κ1) is 11.0. The molecule has 2 fully saturated rings. The lowest BCUT2D eigenvalue weighted by Gasteiger charge is -2.47. The number of esters is 2. The lowest BCUT2D eigenvalue weighted by Crippen LogP contribution is -2.46. The number of rotatable bonds is 1. The molecular weight excluding hydrogens is 216 g/mol. The summed E-state index contributed by atoms with van der Waals surface area (Å²) in [6, 6.07) is 0. The van der Waals surface area contributed by atoms with Gasteiger partial charge in [0.25, 0.3) is 0 Å². The molecule has 1 heterocycles. The van der Waals surface area contributed by atoms with Crippen molar-refractivity contribution in [2.75, 3.05) is 0 Å². The average molecular weight is 234 g/mol. The third-order valence-electron chi connectivity index (χ3n) is 4.90. The number of hydrogen-bond donors (Lipinski definition) is 0. The van der Waals surface area contributed by atoms with Crippen LogP contribution >= 0.6 is 0 Å². The third-order valence-corrected chi connectivity index (χ3v) is 4.90. The molecule has 3 nitrogen and oxygen atoms in total. The van der Waals surface area contributed by atoms with Gasteiger partial charge < -0.3 is 4.74 Å². The minimum atomic E-state index is -0.288. The van der Waals surface area contributed by atoms with Crippen LogP contribution in [0.2, 0.25) is 0 Å². The van der Waals surface area contributed by atoms with Gasteiger partial charge in [0, 0.05) is 0 Å². The molecule has 4 rings (SSSR count). The van der Waals surface area contributed by atoms with E-state index in [2.05, 4.69) is 26.8 Å². The van der Waals surface area contributed by atoms with Crippen LogP contribution in [-0.4, -0.2) is 11.9 Å². The number of hydrogen-bond acceptors (Lipinski definition) is 3. The van der Waals surface area contributed by atoms with Gasteiger partial charge in [-0.1, -0.05) is 25.5 Å². The number of carbonyl (C=O) groups is 2. The van der Waals surface area contributed by atoms with Crippen molar-refractivity contribution in [2.45, 2.75) is 27.2 Å². The Hall–Kier alpha value is -1.12. The van der Waals surface area contributed by atoms with Crippen LogP contribution in [0.5, 0.6) is 0 Å². The van der Waals surface area contributed by atoms with Crippen molar-refractivity contribution in [1.29, 1.82) is 0 Å². The van der Waals surface area contributed by atoms with E-state index >= 15 is 0 Å². The summed E-state index contributed by atoms with van der Waals surface area (Å²) in [7, 11) is 0. The summed E-state index contributed by atoms with van der Waals surface area (Å²) in [6.07, 6.45) is 3.26. The van der Waals surface area contributed by atoms with E-state index in [1.165, 1.54) is 5.57 Å². The van der Waals surface area contributed by atoms with E-state index in [1.54, 1.807) is 0 Å².